The molecule has 0 aromatic carbocycles. The molecule has 0 atom stereocenters. The Balaban J connectivity index is 2.61. The maximum atomic E-state index is 11.4. The van der Waals surface area contributed by atoms with Gasteiger partial charge in [-0.2, -0.15) is 0 Å². The first-order valence-electron chi connectivity index (χ1n) is 4.09. The van der Waals surface area contributed by atoms with Crippen LogP contribution >= 0.6 is 11.3 Å². The Morgan fingerprint density at radius 3 is 2.92 bits per heavy atom. The summed E-state index contributed by atoms with van der Waals surface area (Å²) in [5, 5.41) is 2.77. The van der Waals surface area contributed by atoms with Gasteiger partial charge in [0, 0.05) is 11.4 Å². The molecule has 1 aliphatic heterocycles. The Bertz CT molecular complexity index is 381. The fourth-order valence-electron chi connectivity index (χ4n) is 1.56. The quantitative estimate of drug-likeness (QED) is 0.683. The van der Waals surface area contributed by atoms with E-state index in [1.54, 1.807) is 0 Å². The number of nitrogens with one attached hydrogen (secondary N) is 1. The fraction of sp³-hybridized carbons (Fsp3) is 0.333. The van der Waals surface area contributed by atoms with Crippen molar-refractivity contribution < 1.29 is 9.59 Å². The van der Waals surface area contributed by atoms with Crippen LogP contribution in [0.1, 0.15) is 30.5 Å². The summed E-state index contributed by atoms with van der Waals surface area (Å²) in [6, 6.07) is 0. The van der Waals surface area contributed by atoms with Crippen LogP contribution in [0.25, 0.3) is 0 Å². The van der Waals surface area contributed by atoms with Gasteiger partial charge in [0.1, 0.15) is 0 Å². The summed E-state index contributed by atoms with van der Waals surface area (Å²) in [5.41, 5.74) is 1.55. The van der Waals surface area contributed by atoms with Gasteiger partial charge in [-0.15, -0.1) is 11.3 Å². The number of carbonyl (C=O) groups is 2. The third-order valence-corrected chi connectivity index (χ3v) is 3.51. The van der Waals surface area contributed by atoms with Crippen LogP contribution in [0.5, 0.6) is 0 Å². The smallest absolute Gasteiger partial charge is 0.252 e. The van der Waals surface area contributed by atoms with Gasteiger partial charge in [-0.05, 0) is 18.9 Å². The molecular formula is C9H9NO2S. The van der Waals surface area contributed by atoms with Gasteiger partial charge in [-0.3, -0.25) is 9.59 Å². The molecule has 3 nitrogen and oxygen atoms in total. The Kier molecular flexibility index (Phi) is 1.92. The largest absolute Gasteiger partial charge is 0.352 e. The third kappa shape index (κ3) is 1.18. The zero-order chi connectivity index (χ0) is 9.42. The van der Waals surface area contributed by atoms with Crippen LogP contribution in [0.3, 0.4) is 0 Å². The molecule has 13 heavy (non-hydrogen) atoms. The van der Waals surface area contributed by atoms with Crippen molar-refractivity contribution in [2.45, 2.75) is 13.3 Å². The minimum Gasteiger partial charge on any atom is -0.352 e. The maximum Gasteiger partial charge on any atom is 0.252 e. The molecule has 1 aromatic rings. The van der Waals surface area contributed by atoms with Crippen molar-refractivity contribution in [3.8, 4) is 0 Å². The predicted octanol–water partition coefficient (Wildman–Crippen LogP) is 1.15. The Morgan fingerprint density at radius 2 is 2.31 bits per heavy atom. The van der Waals surface area contributed by atoms with Crippen LogP contribution in [0.15, 0.2) is 0 Å². The van der Waals surface area contributed by atoms with Gasteiger partial charge in [0.05, 0.1) is 10.4 Å². The number of fused-ring (bicyclic) bond motifs is 1. The number of thiophene rings is 1. The molecule has 0 aliphatic carbocycles. The van der Waals surface area contributed by atoms with Crippen molar-refractivity contribution in [1.82, 2.24) is 5.32 Å². The first-order valence-corrected chi connectivity index (χ1v) is 4.91. The average molecular weight is 195 g/mol. The lowest BCUT2D eigenvalue weighted by Gasteiger charge is -2.12. The van der Waals surface area contributed by atoms with Crippen molar-refractivity contribution in [3.05, 3.63) is 20.9 Å². The highest BCUT2D eigenvalue weighted by Gasteiger charge is 2.23. The SMILES string of the molecule is Cc1c(C=O)sc2c1C(=O)NCC2. The molecule has 2 rings (SSSR count). The highest BCUT2D eigenvalue weighted by Crippen LogP contribution is 2.28. The maximum absolute atomic E-state index is 11.4. The summed E-state index contributed by atoms with van der Waals surface area (Å²) >= 11 is 1.44. The lowest BCUT2D eigenvalue weighted by atomic mass is 10.1. The normalized spacial score (nSPS) is 15.0. The molecule has 4 heteroatoms. The summed E-state index contributed by atoms with van der Waals surface area (Å²) in [4.78, 5) is 23.8. The second-order valence-electron chi connectivity index (χ2n) is 3.01. The van der Waals surface area contributed by atoms with E-state index in [0.29, 0.717) is 11.4 Å². The summed E-state index contributed by atoms with van der Waals surface area (Å²) < 4.78 is 0. The number of rotatable bonds is 1. The molecule has 1 aliphatic rings. The van der Waals surface area contributed by atoms with Crippen LogP contribution < -0.4 is 5.32 Å². The van der Waals surface area contributed by atoms with Gasteiger partial charge in [-0.25, -0.2) is 0 Å². The zero-order valence-electron chi connectivity index (χ0n) is 7.22. The Labute approximate surface area is 79.8 Å². The summed E-state index contributed by atoms with van der Waals surface area (Å²) in [7, 11) is 0. The number of carbonyl (C=O) groups excluding carboxylic acids is 2. The molecule has 0 fully saturated rings. The standard InChI is InChI=1S/C9H9NO2S/c1-5-7(4-11)13-6-2-3-10-9(12)8(5)6/h4H,2-3H2,1H3,(H,10,12). The second kappa shape index (κ2) is 2.96. The van der Waals surface area contributed by atoms with Crippen molar-refractivity contribution in [1.29, 1.82) is 0 Å². The molecule has 0 spiro atoms. The van der Waals surface area contributed by atoms with E-state index in [4.69, 9.17) is 0 Å². The van der Waals surface area contributed by atoms with E-state index in [1.807, 2.05) is 6.92 Å². The van der Waals surface area contributed by atoms with Crippen LogP contribution in [0.2, 0.25) is 0 Å². The summed E-state index contributed by atoms with van der Waals surface area (Å²) in [6.45, 7) is 2.51. The van der Waals surface area contributed by atoms with Gasteiger partial charge >= 0.3 is 0 Å². The molecule has 0 unspecified atom stereocenters. The van der Waals surface area contributed by atoms with Crippen molar-refractivity contribution in [2.24, 2.45) is 0 Å². The van der Waals surface area contributed by atoms with Gasteiger partial charge in [0.2, 0.25) is 0 Å². The van der Waals surface area contributed by atoms with E-state index < -0.39 is 0 Å². The molecule has 0 saturated carbocycles. The molecule has 68 valence electrons. The van der Waals surface area contributed by atoms with Crippen molar-refractivity contribution in [2.75, 3.05) is 6.54 Å². The van der Waals surface area contributed by atoms with E-state index in [0.717, 1.165) is 28.7 Å². The number of aldehydes is 1. The lowest BCUT2D eigenvalue weighted by Crippen LogP contribution is -2.31. The first-order chi connectivity index (χ1) is 6.24. The Hall–Kier alpha value is -1.16. The number of hydrogen-bond donors (Lipinski definition) is 1. The highest BCUT2D eigenvalue weighted by atomic mass is 32.1. The second-order valence-corrected chi connectivity index (χ2v) is 4.15. The number of amides is 1. The molecule has 0 bridgehead atoms. The zero-order valence-corrected chi connectivity index (χ0v) is 8.03. The Morgan fingerprint density at radius 1 is 1.54 bits per heavy atom. The molecular weight excluding hydrogens is 186 g/mol. The summed E-state index contributed by atoms with van der Waals surface area (Å²) in [5.74, 6) is -0.0388. The molecule has 1 amide bonds. The van der Waals surface area contributed by atoms with Crippen LogP contribution in [0, 0.1) is 6.92 Å². The van der Waals surface area contributed by atoms with Gasteiger partial charge < -0.3 is 5.32 Å². The number of hydrogen-bond acceptors (Lipinski definition) is 3. The van der Waals surface area contributed by atoms with Crippen LogP contribution in [0.4, 0.5) is 0 Å². The van der Waals surface area contributed by atoms with E-state index in [9.17, 15) is 9.59 Å². The van der Waals surface area contributed by atoms with E-state index >= 15 is 0 Å². The van der Waals surface area contributed by atoms with Crippen molar-refractivity contribution in [3.63, 3.8) is 0 Å². The summed E-state index contributed by atoms with van der Waals surface area (Å²) in [6.07, 6.45) is 1.67. The van der Waals surface area contributed by atoms with Gasteiger partial charge in [0.25, 0.3) is 5.91 Å². The first kappa shape index (κ1) is 8.44. The van der Waals surface area contributed by atoms with Crippen molar-refractivity contribution >= 4 is 23.5 Å². The van der Waals surface area contributed by atoms with E-state index in [-0.39, 0.29) is 5.91 Å². The minimum absolute atomic E-state index is 0.0388. The van der Waals surface area contributed by atoms with Crippen LogP contribution in [-0.4, -0.2) is 18.7 Å². The molecule has 1 aromatic heterocycles. The van der Waals surface area contributed by atoms with E-state index in [1.165, 1.54) is 11.3 Å². The predicted molar refractivity (Wildman–Crippen MR) is 50.5 cm³/mol. The van der Waals surface area contributed by atoms with Crippen LogP contribution in [-0.2, 0) is 6.42 Å². The lowest BCUT2D eigenvalue weighted by molar-refractivity contribution is 0.0946. The van der Waals surface area contributed by atoms with E-state index in [2.05, 4.69) is 5.32 Å². The fourth-order valence-corrected chi connectivity index (χ4v) is 2.68. The third-order valence-electron chi connectivity index (χ3n) is 2.23. The topological polar surface area (TPSA) is 46.2 Å². The molecule has 0 saturated heterocycles. The monoisotopic (exact) mass is 195 g/mol. The minimum atomic E-state index is -0.0388. The van der Waals surface area contributed by atoms with Gasteiger partial charge in [-0.1, -0.05) is 0 Å². The molecule has 0 radical (unpaired) electrons. The molecule has 1 N–H and O–H groups in total. The molecule has 2 heterocycles. The average Bonchev–Trinajstić information content (AvgIpc) is 2.44. The van der Waals surface area contributed by atoms with Gasteiger partial charge in [0.15, 0.2) is 6.29 Å². The highest BCUT2D eigenvalue weighted by molar-refractivity contribution is 7.14.